The number of rotatable bonds is 5. The van der Waals surface area contributed by atoms with Crippen LogP contribution in [0.25, 0.3) is 0 Å². The average Bonchev–Trinajstić information content (AvgIpc) is 3.13. The van der Waals surface area contributed by atoms with E-state index in [0.29, 0.717) is 28.5 Å². The molecule has 2 unspecified atom stereocenters. The van der Waals surface area contributed by atoms with Gasteiger partial charge in [0.05, 0.1) is 28.6 Å². The van der Waals surface area contributed by atoms with E-state index >= 15 is 0 Å². The third-order valence-corrected chi connectivity index (χ3v) is 9.02. The first-order valence-electron chi connectivity index (χ1n) is 11.0. The van der Waals surface area contributed by atoms with Gasteiger partial charge in [0.2, 0.25) is 5.88 Å². The van der Waals surface area contributed by atoms with Gasteiger partial charge in [-0.05, 0) is 61.1 Å². The quantitative estimate of drug-likeness (QED) is 0.709. The topological polar surface area (TPSA) is 74.7 Å². The number of hydrogen-bond donors (Lipinski definition) is 2. The second-order valence-corrected chi connectivity index (χ2v) is 11.2. The van der Waals surface area contributed by atoms with Gasteiger partial charge in [0, 0.05) is 24.2 Å². The van der Waals surface area contributed by atoms with Crippen LogP contribution in [0.1, 0.15) is 37.2 Å². The van der Waals surface area contributed by atoms with Crippen LogP contribution in [-0.2, 0) is 10.8 Å². The number of anilines is 2. The molecule has 0 spiro atoms. The lowest BCUT2D eigenvalue weighted by molar-refractivity contribution is 0.111. The first-order valence-corrected chi connectivity index (χ1v) is 12.7. The molecular formula is C23H26ClN3O3S. The molecule has 0 radical (unpaired) electrons. The number of benzene rings is 1. The highest BCUT2D eigenvalue weighted by Crippen LogP contribution is 2.53. The highest BCUT2D eigenvalue weighted by Gasteiger charge is 2.48. The Labute approximate surface area is 189 Å². The van der Waals surface area contributed by atoms with Gasteiger partial charge in [0.15, 0.2) is 5.94 Å². The number of aromatic nitrogens is 1. The van der Waals surface area contributed by atoms with Crippen molar-refractivity contribution >= 4 is 33.9 Å². The van der Waals surface area contributed by atoms with E-state index in [2.05, 4.69) is 22.3 Å². The van der Waals surface area contributed by atoms with Crippen LogP contribution in [0.2, 0.25) is 5.02 Å². The molecule has 5 aliphatic rings. The largest absolute Gasteiger partial charge is 0.463 e. The second kappa shape index (κ2) is 7.36. The predicted octanol–water partition coefficient (Wildman–Crippen LogP) is 3.76. The van der Waals surface area contributed by atoms with Crippen molar-refractivity contribution in [1.29, 1.82) is 0 Å². The van der Waals surface area contributed by atoms with Crippen molar-refractivity contribution in [3.8, 4) is 5.88 Å². The predicted molar refractivity (Wildman–Crippen MR) is 121 cm³/mol. The number of aliphatic hydroxyl groups excluding tert-OH is 1. The van der Waals surface area contributed by atoms with Crippen LogP contribution in [-0.4, -0.2) is 45.5 Å². The number of nitrogens with one attached hydrogen (secondary N) is 1. The van der Waals surface area contributed by atoms with Gasteiger partial charge in [-0.2, -0.15) is 4.98 Å². The molecule has 2 saturated carbocycles. The fourth-order valence-electron chi connectivity index (χ4n) is 5.75. The summed E-state index contributed by atoms with van der Waals surface area (Å²) in [5.74, 6) is 3.26. The van der Waals surface area contributed by atoms with Gasteiger partial charge in [-0.15, -0.1) is 0 Å². The number of nitrogens with zero attached hydrogens (tertiary/aromatic N) is 2. The Bertz CT molecular complexity index is 1030. The van der Waals surface area contributed by atoms with Crippen LogP contribution in [0.5, 0.6) is 5.88 Å². The summed E-state index contributed by atoms with van der Waals surface area (Å²) in [5.41, 5.74) is 1.87. The zero-order valence-corrected chi connectivity index (χ0v) is 18.8. The minimum absolute atomic E-state index is 0.0730. The molecule has 0 amide bonds. The smallest absolute Gasteiger partial charge is 0.235 e. The Morgan fingerprint density at radius 1 is 1.26 bits per heavy atom. The Balaban J connectivity index is 1.27. The van der Waals surface area contributed by atoms with E-state index < -0.39 is 10.8 Å². The molecule has 4 heterocycles. The van der Waals surface area contributed by atoms with Crippen LogP contribution in [0.4, 0.5) is 11.5 Å². The molecular weight excluding hydrogens is 434 g/mol. The lowest BCUT2D eigenvalue weighted by Gasteiger charge is -2.54. The van der Waals surface area contributed by atoms with Crippen molar-refractivity contribution in [2.24, 2.45) is 11.8 Å². The summed E-state index contributed by atoms with van der Waals surface area (Å²) in [7, 11) is -1.23. The summed E-state index contributed by atoms with van der Waals surface area (Å²) in [6.45, 7) is 1.97. The maximum atomic E-state index is 12.6. The molecule has 8 heteroatoms. The van der Waals surface area contributed by atoms with Crippen LogP contribution < -0.4 is 15.0 Å². The van der Waals surface area contributed by atoms with Crippen LogP contribution >= 0.6 is 11.6 Å². The molecule has 4 fully saturated rings. The lowest BCUT2D eigenvalue weighted by Crippen LogP contribution is -2.54. The third kappa shape index (κ3) is 3.24. The fourth-order valence-corrected chi connectivity index (χ4v) is 6.87. The van der Waals surface area contributed by atoms with E-state index in [1.165, 1.54) is 12.0 Å². The number of pyridine rings is 1. The Kier molecular flexibility index (Phi) is 4.70. The monoisotopic (exact) mass is 459 g/mol. The molecule has 2 saturated heterocycles. The molecule has 31 heavy (non-hydrogen) atoms. The number of fused-ring (bicyclic) bond motifs is 3. The van der Waals surface area contributed by atoms with E-state index in [0.717, 1.165) is 48.9 Å². The number of hydrogen-bond acceptors (Lipinski definition) is 6. The van der Waals surface area contributed by atoms with E-state index in [9.17, 15) is 9.32 Å². The Morgan fingerprint density at radius 2 is 2.00 bits per heavy atom. The average molecular weight is 460 g/mol. The van der Waals surface area contributed by atoms with E-state index in [4.69, 9.17) is 21.3 Å². The van der Waals surface area contributed by atoms with Crippen LogP contribution in [0.15, 0.2) is 35.2 Å². The first kappa shape index (κ1) is 19.8. The van der Waals surface area contributed by atoms with Crippen LogP contribution in [0.3, 0.4) is 0 Å². The normalized spacial score (nSPS) is 30.1. The highest BCUT2D eigenvalue weighted by molar-refractivity contribution is 7.85. The van der Waals surface area contributed by atoms with Crippen molar-refractivity contribution < 1.29 is 14.1 Å². The molecule has 7 rings (SSSR count). The van der Waals surface area contributed by atoms with E-state index in [-0.39, 0.29) is 18.1 Å². The van der Waals surface area contributed by atoms with Gasteiger partial charge in [0.1, 0.15) is 10.7 Å². The van der Waals surface area contributed by atoms with Crippen molar-refractivity contribution in [2.75, 3.05) is 35.9 Å². The van der Waals surface area contributed by atoms with Gasteiger partial charge in [-0.25, -0.2) is 0 Å². The van der Waals surface area contributed by atoms with Gasteiger partial charge >= 0.3 is 0 Å². The summed E-state index contributed by atoms with van der Waals surface area (Å²) >= 11 is 6.07. The molecule has 1 aromatic heterocycles. The lowest BCUT2D eigenvalue weighted by atomic mass is 9.59. The number of piperidine rings is 2. The molecule has 2 bridgehead atoms. The Morgan fingerprint density at radius 3 is 2.65 bits per heavy atom. The van der Waals surface area contributed by atoms with E-state index in [1.807, 2.05) is 18.2 Å². The van der Waals surface area contributed by atoms with E-state index in [1.54, 1.807) is 0 Å². The van der Waals surface area contributed by atoms with Gasteiger partial charge in [-0.3, -0.25) is 4.21 Å². The van der Waals surface area contributed by atoms with Crippen LogP contribution in [0, 0.1) is 11.8 Å². The van der Waals surface area contributed by atoms with Crippen molar-refractivity contribution in [2.45, 2.75) is 42.0 Å². The summed E-state index contributed by atoms with van der Waals surface area (Å²) < 4.78 is 18.2. The van der Waals surface area contributed by atoms with Gasteiger partial charge < -0.3 is 20.1 Å². The first-order chi connectivity index (χ1) is 15.0. The van der Waals surface area contributed by atoms with Gasteiger partial charge in [-0.1, -0.05) is 23.7 Å². The summed E-state index contributed by atoms with van der Waals surface area (Å²) in [5, 5.41) is 14.2. The molecule has 1 aromatic carbocycles. The molecule has 6 nitrogen and oxygen atoms in total. The molecule has 2 aromatic rings. The highest BCUT2D eigenvalue weighted by atomic mass is 35.5. The zero-order valence-electron chi connectivity index (χ0n) is 17.2. The number of halogens is 1. The minimum atomic E-state index is -1.23. The van der Waals surface area contributed by atoms with Gasteiger partial charge in [0.25, 0.3) is 0 Å². The summed E-state index contributed by atoms with van der Waals surface area (Å²) in [6, 6.07) is 10.3. The van der Waals surface area contributed by atoms with Crippen molar-refractivity contribution in [3.63, 3.8) is 0 Å². The number of ether oxygens (including phenoxy) is 1. The molecule has 2 aliphatic carbocycles. The maximum absolute atomic E-state index is 12.6. The summed E-state index contributed by atoms with van der Waals surface area (Å²) in [4.78, 5) is 7.73. The molecule has 2 N–H and O–H groups in total. The minimum Gasteiger partial charge on any atom is -0.463 e. The third-order valence-electron chi connectivity index (χ3n) is 7.58. The standard InChI is InChI=1S/C23H26ClN3O3S/c24-17-4-2-14(3-5-17)20-15-8-16(20)11-27(10-15)19-9-18(26-23(12-28)6-1-7-23)21-22(25-19)30-13-31(21)29/h2-5,9,15-16,20,28H,1,6-8,10-13H2,(H,25,26)/t15?,16?,20?,31-/m0/s1. The maximum Gasteiger partial charge on any atom is 0.235 e. The second-order valence-electron chi connectivity index (χ2n) is 9.43. The molecule has 3 atom stereocenters. The fraction of sp³-hybridized carbons (Fsp3) is 0.522. The molecule has 164 valence electrons. The number of aliphatic hydroxyl groups is 1. The summed E-state index contributed by atoms with van der Waals surface area (Å²) in [6.07, 6.45) is 4.17. The van der Waals surface area contributed by atoms with Crippen molar-refractivity contribution in [1.82, 2.24) is 4.98 Å². The molecule has 3 aliphatic heterocycles. The SMILES string of the molecule is O=[S@]1COc2nc(N3CC4CC(C3)C4c3ccc(Cl)cc3)cc(NC3(CO)CCC3)c21. The zero-order chi connectivity index (χ0) is 21.2. The Hall–Kier alpha value is -1.83. The van der Waals surface area contributed by atoms with Crippen molar-refractivity contribution in [3.05, 3.63) is 40.9 Å².